The van der Waals surface area contributed by atoms with Gasteiger partial charge in [-0.3, -0.25) is 0 Å². The third kappa shape index (κ3) is 17.1. The molecule has 122 valence electrons. The molecule has 1 N–H and O–H groups in total. The molecule has 0 aliphatic carbocycles. The quantitative estimate of drug-likeness (QED) is 0.259. The summed E-state index contributed by atoms with van der Waals surface area (Å²) >= 11 is 0. The monoisotopic (exact) mass is 294 g/mol. The van der Waals surface area contributed by atoms with E-state index in [0.717, 1.165) is 19.3 Å². The SMILES string of the molecule is CCCC\C=C/C=C\C=C/CCCCCCCC(O)OC. The highest BCUT2D eigenvalue weighted by molar-refractivity contribution is 5.10. The first kappa shape index (κ1) is 20.1. The van der Waals surface area contributed by atoms with E-state index in [1.807, 2.05) is 0 Å². The molecule has 1 atom stereocenters. The number of unbranched alkanes of at least 4 members (excludes halogenated alkanes) is 7. The predicted molar refractivity (Wildman–Crippen MR) is 92.3 cm³/mol. The average molecular weight is 294 g/mol. The maximum Gasteiger partial charge on any atom is 0.154 e. The van der Waals surface area contributed by atoms with Gasteiger partial charge in [0.1, 0.15) is 0 Å². The van der Waals surface area contributed by atoms with E-state index in [0.29, 0.717) is 0 Å². The minimum Gasteiger partial charge on any atom is -0.368 e. The van der Waals surface area contributed by atoms with Crippen molar-refractivity contribution in [3.05, 3.63) is 36.5 Å². The van der Waals surface area contributed by atoms with Crippen LogP contribution in [0.25, 0.3) is 0 Å². The first-order valence-electron chi connectivity index (χ1n) is 8.50. The van der Waals surface area contributed by atoms with Gasteiger partial charge in [0, 0.05) is 7.11 Å². The van der Waals surface area contributed by atoms with Gasteiger partial charge >= 0.3 is 0 Å². The zero-order valence-corrected chi connectivity index (χ0v) is 14.0. The molecule has 2 heteroatoms. The van der Waals surface area contributed by atoms with Crippen LogP contribution in [0.4, 0.5) is 0 Å². The molecule has 0 saturated carbocycles. The molecule has 0 fully saturated rings. The minimum atomic E-state index is -0.573. The second-order valence-electron chi connectivity index (χ2n) is 5.42. The average Bonchev–Trinajstić information content (AvgIpc) is 2.50. The number of rotatable bonds is 14. The van der Waals surface area contributed by atoms with Gasteiger partial charge in [-0.15, -0.1) is 0 Å². The van der Waals surface area contributed by atoms with E-state index < -0.39 is 6.29 Å². The van der Waals surface area contributed by atoms with Crippen LogP contribution in [0.1, 0.15) is 71.1 Å². The molecular weight excluding hydrogens is 260 g/mol. The van der Waals surface area contributed by atoms with Crippen LogP contribution in [0.3, 0.4) is 0 Å². The summed E-state index contributed by atoms with van der Waals surface area (Å²) in [6, 6.07) is 0. The number of hydrogen-bond acceptors (Lipinski definition) is 2. The van der Waals surface area contributed by atoms with Crippen molar-refractivity contribution < 1.29 is 9.84 Å². The van der Waals surface area contributed by atoms with Crippen molar-refractivity contribution >= 4 is 0 Å². The zero-order chi connectivity index (χ0) is 15.6. The largest absolute Gasteiger partial charge is 0.368 e. The molecule has 0 bridgehead atoms. The molecular formula is C19H34O2. The number of allylic oxidation sites excluding steroid dienone is 6. The summed E-state index contributed by atoms with van der Waals surface area (Å²) in [6.45, 7) is 2.22. The first-order chi connectivity index (χ1) is 10.3. The normalized spacial score (nSPS) is 13.9. The van der Waals surface area contributed by atoms with Crippen molar-refractivity contribution in [3.63, 3.8) is 0 Å². The van der Waals surface area contributed by atoms with Gasteiger partial charge in [0.25, 0.3) is 0 Å². The molecule has 0 aromatic rings. The molecule has 0 aromatic heterocycles. The van der Waals surface area contributed by atoms with Crippen LogP contribution in [0.2, 0.25) is 0 Å². The number of aliphatic hydroxyl groups is 1. The number of hydrogen-bond donors (Lipinski definition) is 1. The Morgan fingerprint density at radius 1 is 0.810 bits per heavy atom. The Morgan fingerprint density at radius 3 is 2.00 bits per heavy atom. The summed E-state index contributed by atoms with van der Waals surface area (Å²) in [5.41, 5.74) is 0. The zero-order valence-electron chi connectivity index (χ0n) is 14.0. The number of methoxy groups -OCH3 is 1. The fourth-order valence-corrected chi connectivity index (χ4v) is 2.03. The van der Waals surface area contributed by atoms with Crippen molar-refractivity contribution in [2.24, 2.45) is 0 Å². The number of ether oxygens (including phenoxy) is 1. The maximum atomic E-state index is 9.22. The lowest BCUT2D eigenvalue weighted by molar-refractivity contribution is -0.0793. The standard InChI is InChI=1S/C19H34O2/c1-3-4-5-6-7-8-9-10-11-12-13-14-15-16-17-18-19(20)21-2/h6-11,19-20H,3-5,12-18H2,1-2H3/b7-6-,9-8-,11-10-. The Morgan fingerprint density at radius 2 is 1.38 bits per heavy atom. The lowest BCUT2D eigenvalue weighted by Crippen LogP contribution is -2.07. The first-order valence-corrected chi connectivity index (χ1v) is 8.50. The van der Waals surface area contributed by atoms with Crippen molar-refractivity contribution in [2.75, 3.05) is 7.11 Å². The molecule has 0 amide bonds. The number of aliphatic hydroxyl groups excluding tert-OH is 1. The highest BCUT2D eigenvalue weighted by atomic mass is 16.6. The Bertz CT molecular complexity index is 279. The molecule has 1 unspecified atom stereocenters. The Kier molecular flexibility index (Phi) is 16.5. The fourth-order valence-electron chi connectivity index (χ4n) is 2.03. The van der Waals surface area contributed by atoms with Gasteiger partial charge in [0.15, 0.2) is 6.29 Å². The third-order valence-corrected chi connectivity index (χ3v) is 3.42. The van der Waals surface area contributed by atoms with E-state index in [2.05, 4.69) is 43.4 Å². The second kappa shape index (κ2) is 17.2. The van der Waals surface area contributed by atoms with E-state index in [9.17, 15) is 5.11 Å². The highest BCUT2D eigenvalue weighted by Crippen LogP contribution is 2.09. The van der Waals surface area contributed by atoms with Crippen LogP contribution in [0.15, 0.2) is 36.5 Å². The third-order valence-electron chi connectivity index (χ3n) is 3.42. The molecule has 0 rings (SSSR count). The van der Waals surface area contributed by atoms with Crippen LogP contribution in [-0.4, -0.2) is 18.5 Å². The van der Waals surface area contributed by atoms with Gasteiger partial charge in [-0.2, -0.15) is 0 Å². The summed E-state index contributed by atoms with van der Waals surface area (Å²) in [5.74, 6) is 0. The van der Waals surface area contributed by atoms with Crippen LogP contribution < -0.4 is 0 Å². The maximum absolute atomic E-state index is 9.22. The van der Waals surface area contributed by atoms with E-state index in [-0.39, 0.29) is 0 Å². The summed E-state index contributed by atoms with van der Waals surface area (Å²) in [6.07, 6.45) is 24.0. The Hall–Kier alpha value is -0.860. The molecule has 0 saturated heterocycles. The lowest BCUT2D eigenvalue weighted by Gasteiger charge is -2.07. The van der Waals surface area contributed by atoms with Gasteiger partial charge < -0.3 is 9.84 Å². The highest BCUT2D eigenvalue weighted by Gasteiger charge is 1.99. The van der Waals surface area contributed by atoms with Crippen molar-refractivity contribution in [2.45, 2.75) is 77.4 Å². The molecule has 0 aliphatic rings. The van der Waals surface area contributed by atoms with Crippen LogP contribution in [0.5, 0.6) is 0 Å². The van der Waals surface area contributed by atoms with Crippen molar-refractivity contribution in [3.8, 4) is 0 Å². The molecule has 0 radical (unpaired) electrons. The summed E-state index contributed by atoms with van der Waals surface area (Å²) in [5, 5.41) is 9.22. The predicted octanol–water partition coefficient (Wildman–Crippen LogP) is 5.54. The summed E-state index contributed by atoms with van der Waals surface area (Å²) in [7, 11) is 1.55. The topological polar surface area (TPSA) is 29.5 Å². The van der Waals surface area contributed by atoms with Crippen molar-refractivity contribution in [1.29, 1.82) is 0 Å². The summed E-state index contributed by atoms with van der Waals surface area (Å²) in [4.78, 5) is 0. The van der Waals surface area contributed by atoms with E-state index in [4.69, 9.17) is 4.74 Å². The van der Waals surface area contributed by atoms with Crippen LogP contribution >= 0.6 is 0 Å². The molecule has 0 heterocycles. The van der Waals surface area contributed by atoms with Gasteiger partial charge in [0.05, 0.1) is 0 Å². The lowest BCUT2D eigenvalue weighted by atomic mass is 10.1. The van der Waals surface area contributed by atoms with Crippen LogP contribution in [0, 0.1) is 0 Å². The molecule has 21 heavy (non-hydrogen) atoms. The van der Waals surface area contributed by atoms with Crippen molar-refractivity contribution in [1.82, 2.24) is 0 Å². The summed E-state index contributed by atoms with van der Waals surface area (Å²) < 4.78 is 4.80. The molecule has 0 aliphatic heterocycles. The van der Waals surface area contributed by atoms with Gasteiger partial charge in [0.2, 0.25) is 0 Å². The Balaban J connectivity index is 3.29. The fraction of sp³-hybridized carbons (Fsp3) is 0.684. The molecule has 0 spiro atoms. The van der Waals surface area contributed by atoms with E-state index in [1.165, 1.54) is 44.9 Å². The minimum absolute atomic E-state index is 0.573. The van der Waals surface area contributed by atoms with Gasteiger partial charge in [-0.25, -0.2) is 0 Å². The Labute approximate surface area is 131 Å². The smallest absolute Gasteiger partial charge is 0.154 e. The van der Waals surface area contributed by atoms with Crippen LogP contribution in [-0.2, 0) is 4.74 Å². The van der Waals surface area contributed by atoms with Gasteiger partial charge in [-0.1, -0.05) is 75.5 Å². The van der Waals surface area contributed by atoms with E-state index in [1.54, 1.807) is 7.11 Å². The van der Waals surface area contributed by atoms with Gasteiger partial charge in [-0.05, 0) is 32.1 Å². The second-order valence-corrected chi connectivity index (χ2v) is 5.42. The molecule has 2 nitrogen and oxygen atoms in total. The molecule has 0 aromatic carbocycles. The van der Waals surface area contributed by atoms with E-state index >= 15 is 0 Å².